The summed E-state index contributed by atoms with van der Waals surface area (Å²) >= 11 is 1.81. The molecule has 100 valence electrons. The number of benzene rings is 1. The van der Waals surface area contributed by atoms with E-state index in [1.54, 1.807) is 0 Å². The van der Waals surface area contributed by atoms with Gasteiger partial charge in [-0.05, 0) is 48.4 Å². The summed E-state index contributed by atoms with van der Waals surface area (Å²) in [7, 11) is 0. The fraction of sp³-hybridized carbons (Fsp3) is 0.412. The quantitative estimate of drug-likeness (QED) is 0.851. The number of hydrogen-bond donors (Lipinski definition) is 1. The van der Waals surface area contributed by atoms with Gasteiger partial charge in [-0.3, -0.25) is 0 Å². The lowest BCUT2D eigenvalue weighted by atomic mass is 10.0. The molecule has 0 amide bonds. The normalized spacial score (nSPS) is 16.5. The first kappa shape index (κ1) is 12.9. The lowest BCUT2D eigenvalue weighted by molar-refractivity contribution is 0.179. The minimum Gasteiger partial charge on any atom is -0.388 e. The van der Waals surface area contributed by atoms with Gasteiger partial charge in [-0.25, -0.2) is 0 Å². The van der Waals surface area contributed by atoms with Crippen LogP contribution >= 0.6 is 11.3 Å². The zero-order valence-corrected chi connectivity index (χ0v) is 12.1. The highest BCUT2D eigenvalue weighted by molar-refractivity contribution is 7.11. The number of aliphatic hydroxyl groups excluding tert-OH is 1. The molecule has 2 heteroatoms. The predicted octanol–water partition coefficient (Wildman–Crippen LogP) is 4.46. The molecule has 0 saturated heterocycles. The van der Waals surface area contributed by atoms with Gasteiger partial charge in [-0.1, -0.05) is 31.2 Å². The number of aliphatic hydroxyl groups is 1. The van der Waals surface area contributed by atoms with Crippen molar-refractivity contribution in [2.45, 2.75) is 44.6 Å². The molecule has 0 bridgehead atoms. The smallest absolute Gasteiger partial charge is 0.0838 e. The van der Waals surface area contributed by atoms with Crippen molar-refractivity contribution in [1.29, 1.82) is 0 Å². The highest BCUT2D eigenvalue weighted by Gasteiger charge is 2.23. The van der Waals surface area contributed by atoms with Crippen LogP contribution in [0.5, 0.6) is 0 Å². The summed E-state index contributed by atoms with van der Waals surface area (Å²) in [5.41, 5.74) is 2.47. The van der Waals surface area contributed by atoms with Gasteiger partial charge in [0.2, 0.25) is 0 Å². The van der Waals surface area contributed by atoms with E-state index < -0.39 is 0 Å². The Morgan fingerprint density at radius 2 is 1.79 bits per heavy atom. The van der Waals surface area contributed by atoms with Gasteiger partial charge in [-0.15, -0.1) is 11.3 Å². The first-order chi connectivity index (χ1) is 9.26. The van der Waals surface area contributed by atoms with E-state index in [0.29, 0.717) is 0 Å². The molecule has 1 nitrogen and oxygen atoms in total. The molecule has 1 fully saturated rings. The molecule has 1 heterocycles. The maximum atomic E-state index is 10.3. The fourth-order valence-electron chi connectivity index (χ4n) is 2.44. The molecule has 0 spiro atoms. The van der Waals surface area contributed by atoms with Crippen LogP contribution in [-0.4, -0.2) is 5.11 Å². The molecule has 0 radical (unpaired) electrons. The average molecular weight is 272 g/mol. The van der Waals surface area contributed by atoms with Crippen molar-refractivity contribution in [3.63, 3.8) is 0 Å². The summed E-state index contributed by atoms with van der Waals surface area (Å²) < 4.78 is 0. The second-order valence-electron chi connectivity index (χ2n) is 5.38. The minimum absolute atomic E-state index is 0.378. The van der Waals surface area contributed by atoms with Crippen LogP contribution in [0, 0.1) is 0 Å². The van der Waals surface area contributed by atoms with Crippen LogP contribution in [0.4, 0.5) is 0 Å². The zero-order valence-electron chi connectivity index (χ0n) is 11.3. The zero-order chi connectivity index (χ0) is 13.2. The van der Waals surface area contributed by atoms with Crippen molar-refractivity contribution >= 4 is 11.3 Å². The Hall–Kier alpha value is -1.12. The van der Waals surface area contributed by atoms with Crippen LogP contribution in [0.3, 0.4) is 0 Å². The third kappa shape index (κ3) is 3.07. The third-order valence-electron chi connectivity index (χ3n) is 3.83. The Bertz CT molecular complexity index is 537. The minimum atomic E-state index is -0.378. The Morgan fingerprint density at radius 1 is 1.11 bits per heavy atom. The number of rotatable bonds is 5. The molecule has 2 aromatic rings. The lowest BCUT2D eigenvalue weighted by Crippen LogP contribution is -2.00. The van der Waals surface area contributed by atoms with Crippen molar-refractivity contribution in [2.75, 3.05) is 0 Å². The van der Waals surface area contributed by atoms with Gasteiger partial charge in [0, 0.05) is 16.2 Å². The van der Waals surface area contributed by atoms with E-state index in [0.717, 1.165) is 24.3 Å². The van der Waals surface area contributed by atoms with Gasteiger partial charge in [0.25, 0.3) is 0 Å². The molecule has 1 saturated carbocycles. The monoisotopic (exact) mass is 272 g/mol. The number of aryl methyl sites for hydroxylation is 1. The average Bonchev–Trinajstić information content (AvgIpc) is 3.19. The fourth-order valence-corrected chi connectivity index (χ4v) is 3.43. The van der Waals surface area contributed by atoms with Crippen molar-refractivity contribution in [3.05, 3.63) is 57.3 Å². The van der Waals surface area contributed by atoms with Crippen molar-refractivity contribution in [2.24, 2.45) is 0 Å². The van der Waals surface area contributed by atoms with Crippen molar-refractivity contribution < 1.29 is 5.11 Å². The molecule has 0 aliphatic heterocycles. The van der Waals surface area contributed by atoms with E-state index in [4.69, 9.17) is 0 Å². The Balaban J connectivity index is 1.66. The molecule has 3 rings (SSSR count). The SMILES string of the molecule is CCc1ccc(CC(O)c2ccc(C3CC3)cc2)s1. The first-order valence-electron chi connectivity index (χ1n) is 7.11. The molecule has 1 unspecified atom stereocenters. The number of thiophene rings is 1. The van der Waals surface area contributed by atoms with E-state index in [1.807, 2.05) is 11.3 Å². The highest BCUT2D eigenvalue weighted by atomic mass is 32.1. The molecular formula is C17H20OS. The molecule has 1 aliphatic carbocycles. The summed E-state index contributed by atoms with van der Waals surface area (Å²) in [4.78, 5) is 2.67. The van der Waals surface area contributed by atoms with Crippen LogP contribution in [-0.2, 0) is 12.8 Å². The largest absolute Gasteiger partial charge is 0.388 e. The van der Waals surface area contributed by atoms with Crippen LogP contribution in [0.2, 0.25) is 0 Å². The van der Waals surface area contributed by atoms with Gasteiger partial charge in [0.1, 0.15) is 0 Å². The van der Waals surface area contributed by atoms with Crippen molar-refractivity contribution in [1.82, 2.24) is 0 Å². The topological polar surface area (TPSA) is 20.2 Å². The summed E-state index contributed by atoms with van der Waals surface area (Å²) in [6.45, 7) is 2.17. The van der Waals surface area contributed by atoms with Crippen molar-refractivity contribution in [3.8, 4) is 0 Å². The molecule has 1 N–H and O–H groups in total. The Kier molecular flexibility index (Phi) is 3.72. The molecule has 1 aromatic carbocycles. The van der Waals surface area contributed by atoms with Gasteiger partial charge in [0.15, 0.2) is 0 Å². The second kappa shape index (κ2) is 5.48. The standard InChI is InChI=1S/C17H20OS/c1-2-15-9-10-16(19-15)11-17(18)14-7-5-13(6-8-14)12-3-4-12/h5-10,12,17-18H,2-4,11H2,1H3. The Morgan fingerprint density at radius 3 is 2.37 bits per heavy atom. The second-order valence-corrected chi connectivity index (χ2v) is 6.64. The van der Waals surface area contributed by atoms with E-state index in [9.17, 15) is 5.11 Å². The van der Waals surface area contributed by atoms with E-state index in [2.05, 4.69) is 43.3 Å². The predicted molar refractivity (Wildman–Crippen MR) is 80.8 cm³/mol. The van der Waals surface area contributed by atoms with E-state index >= 15 is 0 Å². The highest BCUT2D eigenvalue weighted by Crippen LogP contribution is 2.40. The maximum Gasteiger partial charge on any atom is 0.0838 e. The van der Waals surface area contributed by atoms with E-state index in [-0.39, 0.29) is 6.10 Å². The van der Waals surface area contributed by atoms with Crippen LogP contribution in [0.25, 0.3) is 0 Å². The first-order valence-corrected chi connectivity index (χ1v) is 7.93. The summed E-state index contributed by atoms with van der Waals surface area (Å²) in [5.74, 6) is 0.788. The van der Waals surface area contributed by atoms with E-state index in [1.165, 1.54) is 28.2 Å². The van der Waals surface area contributed by atoms with Gasteiger partial charge < -0.3 is 5.11 Å². The van der Waals surface area contributed by atoms with Crippen LogP contribution < -0.4 is 0 Å². The van der Waals surface area contributed by atoms with Gasteiger partial charge in [-0.2, -0.15) is 0 Å². The number of hydrogen-bond acceptors (Lipinski definition) is 2. The van der Waals surface area contributed by atoms with Gasteiger partial charge in [0.05, 0.1) is 6.10 Å². The van der Waals surface area contributed by atoms with Gasteiger partial charge >= 0.3 is 0 Å². The van der Waals surface area contributed by atoms with Crippen LogP contribution in [0.15, 0.2) is 36.4 Å². The molecular weight excluding hydrogens is 252 g/mol. The summed E-state index contributed by atoms with van der Waals surface area (Å²) in [5, 5.41) is 10.3. The summed E-state index contributed by atoms with van der Waals surface area (Å²) in [6.07, 6.45) is 4.09. The lowest BCUT2D eigenvalue weighted by Gasteiger charge is -2.10. The third-order valence-corrected chi connectivity index (χ3v) is 5.08. The molecule has 1 atom stereocenters. The van der Waals surface area contributed by atoms with Crippen LogP contribution in [0.1, 0.15) is 52.7 Å². The molecule has 19 heavy (non-hydrogen) atoms. The molecule has 1 aliphatic rings. The Labute approximate surface area is 118 Å². The molecule has 1 aromatic heterocycles. The summed E-state index contributed by atoms with van der Waals surface area (Å²) in [6, 6.07) is 12.9. The maximum absolute atomic E-state index is 10.3.